The van der Waals surface area contributed by atoms with Crippen LogP contribution in [-0.4, -0.2) is 18.0 Å². The Morgan fingerprint density at radius 2 is 1.92 bits per heavy atom. The van der Waals surface area contributed by atoms with Crippen LogP contribution in [0.3, 0.4) is 0 Å². The first-order valence-corrected chi connectivity index (χ1v) is 8.53. The van der Waals surface area contributed by atoms with E-state index >= 15 is 0 Å². The number of benzene rings is 2. The lowest BCUT2D eigenvalue weighted by Gasteiger charge is -2.19. The summed E-state index contributed by atoms with van der Waals surface area (Å²) in [4.78, 5) is 22.8. The topological polar surface area (TPSA) is 64.6 Å². The van der Waals surface area contributed by atoms with Crippen LogP contribution in [-0.2, 0) is 11.3 Å². The van der Waals surface area contributed by atoms with Crippen molar-refractivity contribution in [3.8, 4) is 5.75 Å². The van der Waals surface area contributed by atoms with Crippen molar-refractivity contribution in [2.75, 3.05) is 5.32 Å². The summed E-state index contributed by atoms with van der Waals surface area (Å²) in [7, 11) is 0. The van der Waals surface area contributed by atoms with E-state index in [4.69, 9.17) is 9.47 Å². The van der Waals surface area contributed by atoms with Gasteiger partial charge in [-0.15, -0.1) is 0 Å². The van der Waals surface area contributed by atoms with Crippen LogP contribution in [0.25, 0.3) is 0 Å². The van der Waals surface area contributed by atoms with Crippen LogP contribution in [0.4, 0.5) is 10.5 Å². The Morgan fingerprint density at radius 1 is 1.20 bits per heavy atom. The molecule has 0 atom stereocenters. The largest absolute Gasteiger partial charge is 0.488 e. The van der Waals surface area contributed by atoms with Crippen molar-refractivity contribution >= 4 is 34.0 Å². The molecule has 0 saturated heterocycles. The number of carbonyl (C=O) groups excluding carboxylic acids is 2. The Bertz CT molecular complexity index is 768. The first kappa shape index (κ1) is 19.0. The van der Waals surface area contributed by atoms with Crippen LogP contribution in [0.1, 0.15) is 36.7 Å². The third kappa shape index (κ3) is 5.90. The molecule has 0 heterocycles. The molecule has 0 bridgehead atoms. The maximum atomic E-state index is 11.8. The van der Waals surface area contributed by atoms with E-state index in [1.807, 2.05) is 32.9 Å². The average molecular weight is 406 g/mol. The van der Waals surface area contributed by atoms with Gasteiger partial charge in [-0.05, 0) is 60.5 Å². The Morgan fingerprint density at radius 3 is 2.60 bits per heavy atom. The van der Waals surface area contributed by atoms with Crippen LogP contribution in [0.2, 0.25) is 0 Å². The third-order valence-corrected chi connectivity index (χ3v) is 3.94. The van der Waals surface area contributed by atoms with Crippen molar-refractivity contribution in [3.05, 3.63) is 58.1 Å². The minimum atomic E-state index is -0.555. The molecule has 0 saturated carbocycles. The first-order chi connectivity index (χ1) is 11.8. The zero-order valence-electron chi connectivity index (χ0n) is 14.3. The summed E-state index contributed by atoms with van der Waals surface area (Å²) in [5.74, 6) is 0.579. The van der Waals surface area contributed by atoms with Crippen molar-refractivity contribution in [2.45, 2.75) is 33.0 Å². The lowest BCUT2D eigenvalue weighted by atomic mass is 10.2. The van der Waals surface area contributed by atoms with Gasteiger partial charge in [0, 0.05) is 11.3 Å². The van der Waals surface area contributed by atoms with Gasteiger partial charge < -0.3 is 9.47 Å². The number of halogens is 1. The Balaban J connectivity index is 2.02. The monoisotopic (exact) mass is 405 g/mol. The van der Waals surface area contributed by atoms with E-state index < -0.39 is 11.7 Å². The number of aldehydes is 1. The lowest BCUT2D eigenvalue weighted by Crippen LogP contribution is -2.27. The minimum Gasteiger partial charge on any atom is -0.488 e. The fraction of sp³-hybridized carbons (Fsp3) is 0.263. The summed E-state index contributed by atoms with van der Waals surface area (Å²) in [6, 6.07) is 12.5. The van der Waals surface area contributed by atoms with Gasteiger partial charge in [0.25, 0.3) is 0 Å². The number of hydrogen-bond donors (Lipinski definition) is 1. The highest BCUT2D eigenvalue weighted by atomic mass is 79.9. The van der Waals surface area contributed by atoms with Gasteiger partial charge >= 0.3 is 6.09 Å². The van der Waals surface area contributed by atoms with Crippen molar-refractivity contribution in [2.24, 2.45) is 0 Å². The Labute approximate surface area is 155 Å². The zero-order valence-corrected chi connectivity index (χ0v) is 15.9. The zero-order chi connectivity index (χ0) is 18.4. The van der Waals surface area contributed by atoms with Crippen molar-refractivity contribution in [1.82, 2.24) is 0 Å². The maximum absolute atomic E-state index is 11.8. The molecular formula is C19H20BrNO4. The summed E-state index contributed by atoms with van der Waals surface area (Å²) in [5, 5.41) is 2.69. The van der Waals surface area contributed by atoms with Crippen molar-refractivity contribution < 1.29 is 19.1 Å². The molecule has 0 spiro atoms. The van der Waals surface area contributed by atoms with Gasteiger partial charge in [0.15, 0.2) is 6.29 Å². The summed E-state index contributed by atoms with van der Waals surface area (Å²) >= 11 is 3.36. The lowest BCUT2D eigenvalue weighted by molar-refractivity contribution is 0.0636. The molecule has 0 aliphatic carbocycles. The highest BCUT2D eigenvalue weighted by Gasteiger charge is 2.16. The van der Waals surface area contributed by atoms with Crippen molar-refractivity contribution in [3.63, 3.8) is 0 Å². The molecule has 0 aliphatic heterocycles. The second-order valence-corrected chi connectivity index (χ2v) is 7.19. The van der Waals surface area contributed by atoms with Crippen molar-refractivity contribution in [1.29, 1.82) is 0 Å². The molecule has 0 unspecified atom stereocenters. The number of hydrogen-bond acceptors (Lipinski definition) is 4. The van der Waals surface area contributed by atoms with Crippen LogP contribution in [0.5, 0.6) is 5.75 Å². The summed E-state index contributed by atoms with van der Waals surface area (Å²) in [5.41, 5.74) is 1.46. The molecular weight excluding hydrogens is 386 g/mol. The van der Waals surface area contributed by atoms with E-state index in [-0.39, 0.29) is 0 Å². The second kappa shape index (κ2) is 8.16. The summed E-state index contributed by atoms with van der Waals surface area (Å²) < 4.78 is 11.6. The number of amides is 1. The molecule has 5 nitrogen and oxygen atoms in total. The highest BCUT2D eigenvalue weighted by molar-refractivity contribution is 9.10. The molecule has 6 heteroatoms. The third-order valence-electron chi connectivity index (χ3n) is 3.09. The number of carbonyl (C=O) groups is 2. The van der Waals surface area contributed by atoms with Gasteiger partial charge in [0.05, 0.1) is 4.47 Å². The molecule has 2 aromatic carbocycles. The summed E-state index contributed by atoms with van der Waals surface area (Å²) in [6.45, 7) is 5.72. The quantitative estimate of drug-likeness (QED) is 0.695. The molecule has 2 rings (SSSR count). The fourth-order valence-corrected chi connectivity index (χ4v) is 2.52. The van der Waals surface area contributed by atoms with E-state index in [0.29, 0.717) is 28.1 Å². The Hall–Kier alpha value is -2.34. The van der Waals surface area contributed by atoms with Crippen LogP contribution < -0.4 is 10.1 Å². The minimum absolute atomic E-state index is 0.296. The van der Waals surface area contributed by atoms with E-state index in [9.17, 15) is 9.59 Å². The average Bonchev–Trinajstić information content (AvgIpc) is 2.52. The fourth-order valence-electron chi connectivity index (χ4n) is 2.05. The van der Waals surface area contributed by atoms with E-state index in [0.717, 1.165) is 11.8 Å². The van der Waals surface area contributed by atoms with Gasteiger partial charge in [-0.3, -0.25) is 10.1 Å². The van der Waals surface area contributed by atoms with E-state index in [1.54, 1.807) is 30.3 Å². The molecule has 25 heavy (non-hydrogen) atoms. The van der Waals surface area contributed by atoms with Gasteiger partial charge in [0.1, 0.15) is 18.0 Å². The maximum Gasteiger partial charge on any atom is 0.412 e. The molecule has 0 radical (unpaired) electrons. The number of anilines is 1. The normalized spacial score (nSPS) is 10.9. The molecule has 0 aromatic heterocycles. The molecule has 0 fully saturated rings. The standard InChI is InChI=1S/C19H20BrNO4/c1-19(2,3)25-18(23)21-15-8-4-6-13(10-15)12-24-16-9-5-7-14(11-22)17(16)20/h4-11H,12H2,1-3H3,(H,21,23). The summed E-state index contributed by atoms with van der Waals surface area (Å²) in [6.07, 6.45) is 0.259. The molecule has 132 valence electrons. The highest BCUT2D eigenvalue weighted by Crippen LogP contribution is 2.28. The van der Waals surface area contributed by atoms with Gasteiger partial charge in [0.2, 0.25) is 0 Å². The van der Waals surface area contributed by atoms with E-state index in [1.165, 1.54) is 0 Å². The second-order valence-electron chi connectivity index (χ2n) is 6.39. The molecule has 1 amide bonds. The molecule has 1 N–H and O–H groups in total. The predicted molar refractivity (Wildman–Crippen MR) is 100 cm³/mol. The van der Waals surface area contributed by atoms with Crippen LogP contribution in [0.15, 0.2) is 46.9 Å². The van der Waals surface area contributed by atoms with Gasteiger partial charge in [-0.2, -0.15) is 0 Å². The first-order valence-electron chi connectivity index (χ1n) is 7.74. The number of rotatable bonds is 5. The van der Waals surface area contributed by atoms with Crippen LogP contribution in [0, 0.1) is 0 Å². The molecule has 0 aliphatic rings. The van der Waals surface area contributed by atoms with Gasteiger partial charge in [-0.1, -0.05) is 24.3 Å². The molecule has 2 aromatic rings. The SMILES string of the molecule is CC(C)(C)OC(=O)Nc1cccc(COc2cccc(C=O)c2Br)c1. The smallest absolute Gasteiger partial charge is 0.412 e. The van der Waals surface area contributed by atoms with Crippen LogP contribution >= 0.6 is 15.9 Å². The number of nitrogens with one attached hydrogen (secondary N) is 1. The Kier molecular flexibility index (Phi) is 6.20. The predicted octanol–water partition coefficient (Wildman–Crippen LogP) is 5.19. The van der Waals surface area contributed by atoms with Gasteiger partial charge in [-0.25, -0.2) is 4.79 Å². The number of ether oxygens (including phenoxy) is 2. The van der Waals surface area contributed by atoms with E-state index in [2.05, 4.69) is 21.2 Å².